The molecule has 0 radical (unpaired) electrons. The number of phenols is 1. The van der Waals surface area contributed by atoms with E-state index in [9.17, 15) is 36.6 Å². The van der Waals surface area contributed by atoms with Gasteiger partial charge in [0.05, 0.1) is 11.1 Å². The van der Waals surface area contributed by atoms with E-state index in [1.165, 1.54) is 25.2 Å². The van der Waals surface area contributed by atoms with Gasteiger partial charge in [-0.2, -0.15) is 0 Å². The summed E-state index contributed by atoms with van der Waals surface area (Å²) in [4.78, 5) is 27.7. The molecule has 0 atom stereocenters. The third-order valence-electron chi connectivity index (χ3n) is 3.93. The molecule has 6 nitrogen and oxygen atoms in total. The second kappa shape index (κ2) is 8.59. The molecule has 3 N–H and O–H groups in total. The van der Waals surface area contributed by atoms with Crippen LogP contribution in [0.3, 0.4) is 0 Å². The Bertz CT molecular complexity index is 1210. The summed E-state index contributed by atoms with van der Waals surface area (Å²) >= 11 is 3.55. The minimum atomic E-state index is -2.37. The summed E-state index contributed by atoms with van der Waals surface area (Å²) in [6.45, 7) is 0. The Morgan fingerprint density at radius 1 is 1.00 bits per heavy atom. The first-order chi connectivity index (χ1) is 14.6. The Kier molecular flexibility index (Phi) is 6.27. The number of halogens is 6. The molecule has 0 saturated carbocycles. The van der Waals surface area contributed by atoms with Crippen LogP contribution in [0.15, 0.2) is 22.7 Å². The van der Waals surface area contributed by atoms with Crippen LogP contribution in [-0.4, -0.2) is 29.0 Å². The van der Waals surface area contributed by atoms with Gasteiger partial charge in [0.25, 0.3) is 11.8 Å². The third kappa shape index (κ3) is 4.10. The highest BCUT2D eigenvalue weighted by atomic mass is 79.9. The second-order valence-electron chi connectivity index (χ2n) is 5.84. The number of amides is 2. The van der Waals surface area contributed by atoms with Crippen molar-refractivity contribution in [3.63, 3.8) is 0 Å². The summed E-state index contributed by atoms with van der Waals surface area (Å²) < 4.78 is 69.6. The summed E-state index contributed by atoms with van der Waals surface area (Å²) in [5.74, 6) is -13.4. The zero-order chi connectivity index (χ0) is 23.0. The maximum Gasteiger partial charge on any atom is 0.263 e. The highest BCUT2D eigenvalue weighted by Gasteiger charge is 2.31. The first-order valence-corrected chi connectivity index (χ1v) is 9.72. The van der Waals surface area contributed by atoms with Gasteiger partial charge in [0.2, 0.25) is 5.82 Å². The Hall–Kier alpha value is -3.06. The molecule has 0 aliphatic heterocycles. The van der Waals surface area contributed by atoms with Crippen LogP contribution in [0.2, 0.25) is 0 Å². The topological polar surface area (TPSA) is 91.3 Å². The van der Waals surface area contributed by atoms with E-state index in [4.69, 9.17) is 0 Å². The highest BCUT2D eigenvalue weighted by molar-refractivity contribution is 9.10. The van der Waals surface area contributed by atoms with E-state index in [-0.39, 0.29) is 10.7 Å². The van der Waals surface area contributed by atoms with Crippen molar-refractivity contribution >= 4 is 44.2 Å². The lowest BCUT2D eigenvalue weighted by Gasteiger charge is -2.07. The van der Waals surface area contributed by atoms with Crippen LogP contribution in [0.4, 0.5) is 27.1 Å². The number of hydrogen-bond donors (Lipinski definition) is 3. The van der Waals surface area contributed by atoms with Crippen molar-refractivity contribution in [2.45, 2.75) is 0 Å². The average Bonchev–Trinajstić information content (AvgIpc) is 3.15. The lowest BCUT2D eigenvalue weighted by Crippen LogP contribution is -2.18. The Balaban J connectivity index is 2.13. The van der Waals surface area contributed by atoms with Crippen molar-refractivity contribution in [1.82, 2.24) is 10.3 Å². The van der Waals surface area contributed by atoms with Crippen molar-refractivity contribution in [2.75, 3.05) is 12.4 Å². The summed E-state index contributed by atoms with van der Waals surface area (Å²) in [5.41, 5.74) is -2.48. The number of phenolic OH excluding ortho intramolecular Hbond substituents is 1. The number of aromatic nitrogens is 1. The number of carbonyl (C=O) groups excluding carboxylic acids is 2. The molecule has 2 amide bonds. The van der Waals surface area contributed by atoms with Crippen LogP contribution < -0.4 is 10.6 Å². The smallest absolute Gasteiger partial charge is 0.263 e. The molecule has 31 heavy (non-hydrogen) atoms. The molecule has 0 fully saturated rings. The molecule has 0 aliphatic rings. The number of thiazole rings is 1. The number of nitrogens with one attached hydrogen (secondary N) is 2. The third-order valence-corrected chi connectivity index (χ3v) is 5.39. The summed E-state index contributed by atoms with van der Waals surface area (Å²) in [5, 5.41) is 13.8. The van der Waals surface area contributed by atoms with Crippen LogP contribution in [0.25, 0.3) is 11.3 Å². The summed E-state index contributed by atoms with van der Waals surface area (Å²) in [7, 11) is 1.17. The van der Waals surface area contributed by atoms with Crippen LogP contribution in [0, 0.1) is 29.1 Å². The SMILES string of the molecule is CNC(=O)c1sc(NC(=O)c2cc(Br)ccc2O)nc1-c1c(F)c(F)c(F)c(F)c1F. The molecule has 0 saturated heterocycles. The predicted molar refractivity (Wildman–Crippen MR) is 104 cm³/mol. The van der Waals surface area contributed by atoms with Crippen molar-refractivity contribution in [1.29, 1.82) is 0 Å². The van der Waals surface area contributed by atoms with Gasteiger partial charge in [-0.05, 0) is 18.2 Å². The van der Waals surface area contributed by atoms with Gasteiger partial charge < -0.3 is 10.4 Å². The first kappa shape index (κ1) is 22.6. The van der Waals surface area contributed by atoms with Crippen molar-refractivity contribution in [3.8, 4) is 17.0 Å². The number of hydrogen-bond acceptors (Lipinski definition) is 5. The van der Waals surface area contributed by atoms with E-state index in [1.807, 2.05) is 0 Å². The van der Waals surface area contributed by atoms with Gasteiger partial charge >= 0.3 is 0 Å². The minimum Gasteiger partial charge on any atom is -0.507 e. The van der Waals surface area contributed by atoms with Crippen LogP contribution >= 0.6 is 27.3 Å². The Morgan fingerprint density at radius 3 is 2.16 bits per heavy atom. The number of aromatic hydroxyl groups is 1. The zero-order valence-electron chi connectivity index (χ0n) is 15.1. The number of rotatable bonds is 4. The van der Waals surface area contributed by atoms with Crippen molar-refractivity contribution < 1.29 is 36.6 Å². The van der Waals surface area contributed by atoms with Gasteiger partial charge in [0.1, 0.15) is 16.3 Å². The monoisotopic (exact) mass is 521 g/mol. The first-order valence-electron chi connectivity index (χ1n) is 8.11. The van der Waals surface area contributed by atoms with E-state index in [0.717, 1.165) is 0 Å². The van der Waals surface area contributed by atoms with Gasteiger partial charge in [0.15, 0.2) is 28.4 Å². The molecule has 0 bridgehead atoms. The van der Waals surface area contributed by atoms with Crippen LogP contribution in [-0.2, 0) is 0 Å². The van der Waals surface area contributed by atoms with Gasteiger partial charge in [-0.3, -0.25) is 14.9 Å². The molecule has 3 aromatic rings. The highest BCUT2D eigenvalue weighted by Crippen LogP contribution is 2.37. The molecule has 1 heterocycles. The molecular weight excluding hydrogens is 513 g/mol. The second-order valence-corrected chi connectivity index (χ2v) is 7.75. The van der Waals surface area contributed by atoms with Crippen LogP contribution in [0.5, 0.6) is 5.75 Å². The molecule has 162 valence electrons. The lowest BCUT2D eigenvalue weighted by molar-refractivity contribution is 0.0966. The zero-order valence-corrected chi connectivity index (χ0v) is 17.5. The molecule has 3 rings (SSSR count). The molecule has 13 heteroatoms. The lowest BCUT2D eigenvalue weighted by atomic mass is 10.1. The molecule has 0 aliphatic carbocycles. The Morgan fingerprint density at radius 2 is 1.58 bits per heavy atom. The minimum absolute atomic E-state index is 0.205. The van der Waals surface area contributed by atoms with Gasteiger partial charge in [0, 0.05) is 11.5 Å². The van der Waals surface area contributed by atoms with E-state index in [1.54, 1.807) is 0 Å². The van der Waals surface area contributed by atoms with E-state index >= 15 is 0 Å². The van der Waals surface area contributed by atoms with E-state index < -0.39 is 62.8 Å². The maximum atomic E-state index is 14.3. The van der Waals surface area contributed by atoms with Gasteiger partial charge in [-0.1, -0.05) is 27.3 Å². The van der Waals surface area contributed by atoms with Crippen LogP contribution in [0.1, 0.15) is 20.0 Å². The van der Waals surface area contributed by atoms with E-state index in [2.05, 4.69) is 31.5 Å². The standard InChI is InChI=1S/C18H9BrF5N3O3S/c1-25-17(30)15-14(8-9(20)11(22)13(24)12(23)10(8)21)26-18(31-15)27-16(29)6-4-5(19)2-3-7(6)28/h2-4,28H,1H3,(H,25,30)(H,26,27,29). The number of anilines is 1. The number of carbonyl (C=O) groups is 2. The summed E-state index contributed by atoms with van der Waals surface area (Å²) in [6.07, 6.45) is 0. The fourth-order valence-corrected chi connectivity index (χ4v) is 3.75. The molecule has 0 unspecified atom stereocenters. The largest absolute Gasteiger partial charge is 0.507 e. The fourth-order valence-electron chi connectivity index (χ4n) is 2.48. The van der Waals surface area contributed by atoms with Gasteiger partial charge in [-0.15, -0.1) is 0 Å². The average molecular weight is 522 g/mol. The van der Waals surface area contributed by atoms with Crippen molar-refractivity contribution in [2.24, 2.45) is 0 Å². The number of nitrogens with zero attached hydrogens (tertiary/aromatic N) is 1. The summed E-state index contributed by atoms with van der Waals surface area (Å²) in [6, 6.07) is 3.94. The molecule has 2 aromatic carbocycles. The predicted octanol–water partition coefficient (Wildman–Crippen LogP) is 4.59. The Labute approximate surface area is 182 Å². The molecule has 1 aromatic heterocycles. The molecular formula is C18H9BrF5N3O3S. The molecule has 0 spiro atoms. The quantitative estimate of drug-likeness (QED) is 0.266. The normalized spacial score (nSPS) is 10.8. The van der Waals surface area contributed by atoms with Crippen molar-refractivity contribution in [3.05, 3.63) is 62.2 Å². The van der Waals surface area contributed by atoms with E-state index in [0.29, 0.717) is 15.8 Å². The number of benzene rings is 2. The fraction of sp³-hybridized carbons (Fsp3) is 0.0556. The maximum absolute atomic E-state index is 14.3. The van der Waals surface area contributed by atoms with Gasteiger partial charge in [-0.25, -0.2) is 26.9 Å².